The van der Waals surface area contributed by atoms with Crippen LogP contribution < -0.4 is 10.9 Å². The highest BCUT2D eigenvalue weighted by atomic mass is 32.2. The van der Waals surface area contributed by atoms with Crippen molar-refractivity contribution in [2.24, 2.45) is 7.05 Å². The van der Waals surface area contributed by atoms with Crippen LogP contribution in [0.5, 0.6) is 0 Å². The summed E-state index contributed by atoms with van der Waals surface area (Å²) in [6, 6.07) is 12.0. The predicted molar refractivity (Wildman–Crippen MR) is 98.1 cm³/mol. The molecule has 1 amide bonds. The van der Waals surface area contributed by atoms with Gasteiger partial charge in [0.25, 0.3) is 11.5 Å². The Morgan fingerprint density at radius 2 is 2.04 bits per heavy atom. The van der Waals surface area contributed by atoms with Gasteiger partial charge in [0.2, 0.25) is 5.13 Å². The van der Waals surface area contributed by atoms with Crippen molar-refractivity contribution >= 4 is 34.1 Å². The average molecular weight is 384 g/mol. The van der Waals surface area contributed by atoms with Crippen LogP contribution in [0.1, 0.15) is 21.6 Å². The summed E-state index contributed by atoms with van der Waals surface area (Å²) in [6.45, 7) is 0. The van der Waals surface area contributed by atoms with Crippen LogP contribution in [0.3, 0.4) is 0 Å². The number of nitrogens with zero attached hydrogens (tertiary/aromatic N) is 5. The second kappa shape index (κ2) is 7.90. The number of hydrogen-bond donors (Lipinski definition) is 1. The summed E-state index contributed by atoms with van der Waals surface area (Å²) in [5.74, 6) is 0.219. The Balaban J connectivity index is 1.60. The lowest BCUT2D eigenvalue weighted by Crippen LogP contribution is -2.23. The number of amides is 1. The van der Waals surface area contributed by atoms with E-state index < -0.39 is 5.91 Å². The fourth-order valence-electron chi connectivity index (χ4n) is 1.92. The molecule has 0 radical (unpaired) electrons. The SMILES string of the molecule is Cn1nc(C(=O)Nc2nnc(SCc3ccc(C#N)cc3)s2)ccc1=O. The number of aromatic nitrogens is 4. The van der Waals surface area contributed by atoms with Crippen molar-refractivity contribution in [3.8, 4) is 6.07 Å². The van der Waals surface area contributed by atoms with Crippen LogP contribution in [-0.4, -0.2) is 25.9 Å². The van der Waals surface area contributed by atoms with Gasteiger partial charge in [0, 0.05) is 18.9 Å². The zero-order chi connectivity index (χ0) is 18.5. The number of anilines is 1. The maximum Gasteiger partial charge on any atom is 0.277 e. The minimum absolute atomic E-state index is 0.120. The number of benzene rings is 1. The van der Waals surface area contributed by atoms with Crippen molar-refractivity contribution < 1.29 is 4.79 Å². The summed E-state index contributed by atoms with van der Waals surface area (Å²) in [7, 11) is 1.47. The van der Waals surface area contributed by atoms with Gasteiger partial charge in [-0.05, 0) is 23.8 Å². The zero-order valence-corrected chi connectivity index (χ0v) is 15.2. The molecule has 130 valence electrons. The van der Waals surface area contributed by atoms with E-state index in [0.717, 1.165) is 10.2 Å². The first-order valence-corrected chi connectivity index (χ1v) is 9.16. The molecule has 3 rings (SSSR count). The molecular weight excluding hydrogens is 372 g/mol. The summed E-state index contributed by atoms with van der Waals surface area (Å²) in [4.78, 5) is 23.5. The van der Waals surface area contributed by atoms with Gasteiger partial charge in [0.15, 0.2) is 4.34 Å². The molecule has 2 aromatic heterocycles. The molecular formula is C16H12N6O2S2. The van der Waals surface area contributed by atoms with Gasteiger partial charge in [0.1, 0.15) is 5.69 Å². The van der Waals surface area contributed by atoms with E-state index in [0.29, 0.717) is 20.8 Å². The van der Waals surface area contributed by atoms with Crippen LogP contribution in [0.15, 0.2) is 45.5 Å². The Kier molecular flexibility index (Phi) is 5.40. The van der Waals surface area contributed by atoms with Crippen molar-refractivity contribution in [2.75, 3.05) is 5.32 Å². The lowest BCUT2D eigenvalue weighted by atomic mass is 10.2. The molecule has 1 N–H and O–H groups in total. The Hall–Kier alpha value is -3.03. The van der Waals surface area contributed by atoms with E-state index in [4.69, 9.17) is 5.26 Å². The molecule has 0 saturated heterocycles. The molecule has 0 saturated carbocycles. The number of nitriles is 1. The molecule has 0 spiro atoms. The quantitative estimate of drug-likeness (QED) is 0.529. The first-order chi connectivity index (χ1) is 12.5. The standard InChI is InChI=1S/C16H12N6O2S2/c1-22-13(23)7-6-12(21-22)14(24)18-15-19-20-16(26-15)25-9-11-4-2-10(8-17)3-5-11/h2-7H,9H2,1H3,(H,18,19,24). The molecule has 0 unspecified atom stereocenters. The molecule has 8 nitrogen and oxygen atoms in total. The van der Waals surface area contributed by atoms with Gasteiger partial charge >= 0.3 is 0 Å². The van der Waals surface area contributed by atoms with E-state index in [1.54, 1.807) is 12.1 Å². The van der Waals surface area contributed by atoms with E-state index in [-0.39, 0.29) is 11.3 Å². The van der Waals surface area contributed by atoms with E-state index in [2.05, 4.69) is 26.7 Å². The van der Waals surface area contributed by atoms with Crippen molar-refractivity contribution in [1.82, 2.24) is 20.0 Å². The van der Waals surface area contributed by atoms with Gasteiger partial charge in [-0.25, -0.2) is 4.68 Å². The second-order valence-electron chi connectivity index (χ2n) is 5.11. The Morgan fingerprint density at radius 1 is 1.27 bits per heavy atom. The van der Waals surface area contributed by atoms with Gasteiger partial charge in [-0.2, -0.15) is 10.4 Å². The van der Waals surface area contributed by atoms with E-state index in [1.165, 1.54) is 42.3 Å². The van der Waals surface area contributed by atoms with Gasteiger partial charge in [-0.3, -0.25) is 14.9 Å². The first-order valence-electron chi connectivity index (χ1n) is 7.36. The highest BCUT2D eigenvalue weighted by Crippen LogP contribution is 2.28. The van der Waals surface area contributed by atoms with Crippen molar-refractivity contribution in [1.29, 1.82) is 5.26 Å². The summed E-state index contributed by atoms with van der Waals surface area (Å²) >= 11 is 2.74. The van der Waals surface area contributed by atoms with E-state index in [9.17, 15) is 9.59 Å². The Morgan fingerprint density at radius 3 is 2.73 bits per heavy atom. The number of carbonyl (C=O) groups is 1. The third kappa shape index (κ3) is 4.33. The minimum Gasteiger partial charge on any atom is -0.295 e. The average Bonchev–Trinajstić information content (AvgIpc) is 3.10. The van der Waals surface area contributed by atoms with Crippen LogP contribution in [0.2, 0.25) is 0 Å². The number of nitrogens with one attached hydrogen (secondary N) is 1. The lowest BCUT2D eigenvalue weighted by molar-refractivity contribution is 0.102. The fraction of sp³-hybridized carbons (Fsp3) is 0.125. The molecule has 0 aliphatic rings. The molecule has 0 atom stereocenters. The third-order valence-electron chi connectivity index (χ3n) is 3.27. The lowest BCUT2D eigenvalue weighted by Gasteiger charge is -2.01. The van der Waals surface area contributed by atoms with Crippen molar-refractivity contribution in [3.05, 3.63) is 63.6 Å². The zero-order valence-electron chi connectivity index (χ0n) is 13.5. The van der Waals surface area contributed by atoms with Crippen molar-refractivity contribution in [3.63, 3.8) is 0 Å². The molecule has 0 fully saturated rings. The first kappa shape index (κ1) is 17.8. The Bertz CT molecular complexity index is 1040. The maximum absolute atomic E-state index is 12.1. The van der Waals surface area contributed by atoms with E-state index >= 15 is 0 Å². The van der Waals surface area contributed by atoms with Gasteiger partial charge in [0.05, 0.1) is 11.6 Å². The molecule has 26 heavy (non-hydrogen) atoms. The van der Waals surface area contributed by atoms with Crippen LogP contribution in [0.4, 0.5) is 5.13 Å². The highest BCUT2D eigenvalue weighted by molar-refractivity contribution is 8.00. The number of thioether (sulfide) groups is 1. The number of carbonyl (C=O) groups excluding carboxylic acids is 1. The second-order valence-corrected chi connectivity index (χ2v) is 7.31. The van der Waals surface area contributed by atoms with Crippen LogP contribution in [0, 0.1) is 11.3 Å². The Labute approximate surface area is 156 Å². The number of aryl methyl sites for hydroxylation is 1. The maximum atomic E-state index is 12.1. The molecule has 2 heterocycles. The van der Waals surface area contributed by atoms with Crippen LogP contribution in [-0.2, 0) is 12.8 Å². The molecule has 0 aliphatic heterocycles. The summed E-state index contributed by atoms with van der Waals surface area (Å²) < 4.78 is 1.80. The topological polar surface area (TPSA) is 114 Å². The fourth-order valence-corrected chi connectivity index (χ4v) is 3.63. The molecule has 10 heteroatoms. The molecule has 0 bridgehead atoms. The van der Waals surface area contributed by atoms with E-state index in [1.807, 2.05) is 12.1 Å². The monoisotopic (exact) mass is 384 g/mol. The predicted octanol–water partition coefficient (Wildman–Crippen LogP) is 2.05. The third-order valence-corrected chi connectivity index (χ3v) is 5.31. The highest BCUT2D eigenvalue weighted by Gasteiger charge is 2.12. The summed E-state index contributed by atoms with van der Waals surface area (Å²) in [6.07, 6.45) is 0. The van der Waals surface area contributed by atoms with Crippen LogP contribution >= 0.6 is 23.1 Å². The largest absolute Gasteiger partial charge is 0.295 e. The number of rotatable bonds is 5. The van der Waals surface area contributed by atoms with Gasteiger partial charge in [-0.15, -0.1) is 10.2 Å². The summed E-state index contributed by atoms with van der Waals surface area (Å²) in [5.41, 5.74) is 1.50. The molecule has 0 aliphatic carbocycles. The smallest absolute Gasteiger partial charge is 0.277 e. The normalized spacial score (nSPS) is 10.3. The van der Waals surface area contributed by atoms with Gasteiger partial charge in [-0.1, -0.05) is 35.2 Å². The van der Waals surface area contributed by atoms with Gasteiger partial charge < -0.3 is 0 Å². The molecule has 1 aromatic carbocycles. The molecule has 3 aromatic rings. The summed E-state index contributed by atoms with van der Waals surface area (Å²) in [5, 5.41) is 23.6. The van der Waals surface area contributed by atoms with Crippen molar-refractivity contribution in [2.45, 2.75) is 10.1 Å². The minimum atomic E-state index is -0.458. The number of hydrogen-bond acceptors (Lipinski definition) is 8. The van der Waals surface area contributed by atoms with Crippen LogP contribution in [0.25, 0.3) is 0 Å².